The van der Waals surface area contributed by atoms with E-state index >= 15 is 0 Å². The van der Waals surface area contributed by atoms with Gasteiger partial charge in [-0.25, -0.2) is 0 Å². The van der Waals surface area contributed by atoms with E-state index in [4.69, 9.17) is 0 Å². The van der Waals surface area contributed by atoms with Crippen molar-refractivity contribution in [3.05, 3.63) is 147 Å². The molecule has 0 aliphatic heterocycles. The van der Waals surface area contributed by atoms with Gasteiger partial charge in [0.15, 0.2) is 0 Å². The molecule has 5 aromatic carbocycles. The third-order valence-electron chi connectivity index (χ3n) is 19.6. The first kappa shape index (κ1) is 74.8. The van der Waals surface area contributed by atoms with Crippen molar-refractivity contribution in [2.24, 2.45) is 0 Å². The minimum absolute atomic E-state index is 0. The van der Waals surface area contributed by atoms with Crippen LogP contribution in [-0.2, 0) is 20.4 Å². The van der Waals surface area contributed by atoms with E-state index in [0.717, 1.165) is 0 Å². The van der Waals surface area contributed by atoms with Crippen LogP contribution in [0.4, 0.5) is 0 Å². The van der Waals surface area contributed by atoms with Gasteiger partial charge >= 0.3 is 0 Å². The van der Waals surface area contributed by atoms with Gasteiger partial charge in [-0.05, 0) is 192 Å². The molecular formula is C81H126P2PdSi2. The number of unbranched alkanes of at least 4 members (excludes halogenated alkanes) is 3. The third-order valence-corrected chi connectivity index (χ3v) is 40.7. The first-order valence-corrected chi connectivity index (χ1v) is 43.3. The van der Waals surface area contributed by atoms with E-state index < -0.39 is 22.9 Å². The Bertz CT molecular complexity index is 2550. The summed E-state index contributed by atoms with van der Waals surface area (Å²) in [5.74, 6) is 3.79. The van der Waals surface area contributed by atoms with Crippen molar-refractivity contribution in [2.75, 3.05) is 0 Å². The van der Waals surface area contributed by atoms with Gasteiger partial charge in [-0.1, -0.05) is 327 Å². The molecule has 0 radical (unpaired) electrons. The van der Waals surface area contributed by atoms with E-state index in [9.17, 15) is 0 Å². The van der Waals surface area contributed by atoms with Gasteiger partial charge < -0.3 is 0 Å². The number of hydrogen-bond acceptors (Lipinski definition) is 0. The van der Waals surface area contributed by atoms with Crippen molar-refractivity contribution in [1.82, 2.24) is 0 Å². The summed E-state index contributed by atoms with van der Waals surface area (Å²) >= 11 is 0. The summed E-state index contributed by atoms with van der Waals surface area (Å²) in [6, 6.07) is 39.8. The van der Waals surface area contributed by atoms with Gasteiger partial charge in [0.25, 0.3) is 0 Å². The molecule has 0 nitrogen and oxygen atoms in total. The molecule has 0 spiro atoms. The van der Waals surface area contributed by atoms with Gasteiger partial charge in [-0.2, -0.15) is 0 Å². The summed E-state index contributed by atoms with van der Waals surface area (Å²) in [5, 5.41) is 8.28. The normalized spacial score (nSPS) is 15.6. The molecular weight excluding hydrogens is 1200 g/mol. The Labute approximate surface area is 551 Å². The maximum Gasteiger partial charge on any atom is 0.0742 e. The molecule has 0 aromatic heterocycles. The van der Waals surface area contributed by atoms with Crippen LogP contribution in [0.3, 0.4) is 0 Å². The van der Waals surface area contributed by atoms with E-state index in [2.05, 4.69) is 236 Å². The second-order valence-electron chi connectivity index (χ2n) is 29.4. The molecule has 0 unspecified atom stereocenters. The molecule has 0 bridgehead atoms. The monoisotopic (exact) mass is 1320 g/mol. The van der Waals surface area contributed by atoms with Crippen LogP contribution in [0.5, 0.6) is 0 Å². The molecule has 8 rings (SSSR count). The van der Waals surface area contributed by atoms with Crippen molar-refractivity contribution in [2.45, 2.75) is 331 Å². The van der Waals surface area contributed by atoms with Crippen LogP contribution >= 0.6 is 15.4 Å². The Morgan fingerprint density at radius 3 is 0.802 bits per heavy atom. The summed E-state index contributed by atoms with van der Waals surface area (Å²) in [4.78, 5) is 0. The largest absolute Gasteiger partial charge is 0.0971 e. The topological polar surface area (TPSA) is 0 Å². The summed E-state index contributed by atoms with van der Waals surface area (Å²) in [7, 11) is -3.51. The first-order valence-electron chi connectivity index (χ1n) is 35.6. The minimum Gasteiger partial charge on any atom is -0.0971 e. The summed E-state index contributed by atoms with van der Waals surface area (Å²) in [5.41, 5.74) is 17.7. The molecule has 3 aliphatic rings. The van der Waals surface area contributed by atoms with Gasteiger partial charge in [0.2, 0.25) is 0 Å². The second-order valence-corrected chi connectivity index (χ2v) is 44.1. The van der Waals surface area contributed by atoms with Crippen molar-refractivity contribution >= 4 is 57.0 Å². The maximum absolute atomic E-state index is 2.68. The van der Waals surface area contributed by atoms with Crippen molar-refractivity contribution in [3.63, 3.8) is 0 Å². The van der Waals surface area contributed by atoms with Crippen molar-refractivity contribution in [3.8, 4) is 0 Å². The van der Waals surface area contributed by atoms with Crippen molar-refractivity contribution in [1.29, 1.82) is 0 Å². The van der Waals surface area contributed by atoms with Gasteiger partial charge in [0.1, 0.15) is 0 Å². The first-order chi connectivity index (χ1) is 40.6. The van der Waals surface area contributed by atoms with Crippen LogP contribution in [-0.4, -0.2) is 32.4 Å². The Balaban J connectivity index is 0.000000426. The molecule has 5 aromatic rings. The smallest absolute Gasteiger partial charge is 0.0742 e. The number of hydrogen-bond donors (Lipinski definition) is 0. The quantitative estimate of drug-likeness (QED) is 0.0390. The zero-order valence-corrected chi connectivity index (χ0v) is 64.2. The fourth-order valence-corrected chi connectivity index (χ4v) is 41.9. The van der Waals surface area contributed by atoms with E-state index in [1.807, 2.05) is 0 Å². The molecule has 3 saturated carbocycles. The fourth-order valence-electron chi connectivity index (χ4n) is 14.5. The van der Waals surface area contributed by atoms with Gasteiger partial charge in [0.05, 0.1) is 15.4 Å². The molecule has 0 atom stereocenters. The number of rotatable bonds is 21. The van der Waals surface area contributed by atoms with Crippen LogP contribution in [0.25, 0.3) is 0 Å². The number of benzene rings is 5. The Morgan fingerprint density at radius 1 is 0.337 bits per heavy atom. The Morgan fingerprint density at radius 2 is 0.581 bits per heavy atom. The molecule has 0 heterocycles. The van der Waals surface area contributed by atoms with Crippen LogP contribution in [0.15, 0.2) is 97.1 Å². The van der Waals surface area contributed by atoms with Crippen LogP contribution < -0.4 is 26.2 Å². The molecule has 0 amide bonds. The predicted octanol–water partition coefficient (Wildman–Crippen LogP) is 23.6. The Kier molecular flexibility index (Phi) is 32.1. The third kappa shape index (κ3) is 19.8. The summed E-state index contributed by atoms with van der Waals surface area (Å²) in [6.45, 7) is 48.7. The average Bonchev–Trinajstić information content (AvgIpc) is 0.741. The Hall–Kier alpha value is -1.94. The average molecular weight is 1320 g/mol. The van der Waals surface area contributed by atoms with Crippen LogP contribution in [0, 0.1) is 0 Å². The second kappa shape index (κ2) is 36.9. The SMILES string of the molecule is C1CCC(P(C2CCCCC2)C2CCCCC2)CC1.CC(C)c1cc(C(C)C)c([Si](c2c(C(C)C)cc(C(C)C)cc2C(C)C)=[Si](c2c(C(C)C)cc(C(C)C)cc2C(C)C)P(c2ccccc2)c2ccccc2)c(C(C)C)c1.CCCCCC.[Pd]. The molecule has 5 heteroatoms. The van der Waals surface area contributed by atoms with Gasteiger partial charge in [0, 0.05) is 20.4 Å². The summed E-state index contributed by atoms with van der Waals surface area (Å²) in [6.07, 6.45) is 29.2. The molecule has 478 valence electrons. The van der Waals surface area contributed by atoms with E-state index in [-0.39, 0.29) is 20.4 Å². The zero-order valence-electron chi connectivity index (χ0n) is 58.8. The molecule has 0 saturated heterocycles. The summed E-state index contributed by atoms with van der Waals surface area (Å²) < 4.78 is 0. The van der Waals surface area contributed by atoms with Crippen molar-refractivity contribution < 1.29 is 20.4 Å². The van der Waals surface area contributed by atoms with Gasteiger partial charge in [-0.3, -0.25) is 0 Å². The van der Waals surface area contributed by atoms with E-state index in [1.54, 1.807) is 126 Å². The fraction of sp³-hybridized carbons (Fsp3) is 0.630. The van der Waals surface area contributed by atoms with Gasteiger partial charge in [-0.15, -0.1) is 0 Å². The molecule has 86 heavy (non-hydrogen) atoms. The van der Waals surface area contributed by atoms with Crippen LogP contribution in [0.2, 0.25) is 0 Å². The van der Waals surface area contributed by atoms with E-state index in [1.165, 1.54) is 89.2 Å². The maximum atomic E-state index is 2.68. The van der Waals surface area contributed by atoms with E-state index in [0.29, 0.717) is 61.2 Å². The molecule has 3 aliphatic carbocycles. The minimum atomic E-state index is -1.58. The molecule has 0 N–H and O–H groups in total. The standard InChI is InChI=1S/C57H79PSi2.C18H33P.C6H14.Pd/c1-35(2)44-29-49(38(7)8)55(50(30-44)39(9)10)59(56-51(40(11)12)31-45(36(3)4)32-52(56)41(13)14)60(58(47-25-21-19-22-26-47)48-27-23-20-24-28-48)57-53(42(15)16)33-46(37(5)6)34-54(57)43(17)18;1-4-10-16(11-5-1)19(17-12-6-2-7-13-17)18-14-8-3-9-15-18;1-3-5-6-4-2;/h19-43H,1-18H3;16-18H,1-15H2;3-6H2,1-2H3;. The molecule has 3 fully saturated rings. The van der Waals surface area contributed by atoms with Crippen LogP contribution in [0.1, 0.15) is 364 Å². The predicted molar refractivity (Wildman–Crippen MR) is 393 cm³/mol. The zero-order chi connectivity index (χ0) is 62.1.